The number of carbonyl (C=O) groups excluding carboxylic acids is 1. The van der Waals surface area contributed by atoms with Gasteiger partial charge in [0.2, 0.25) is 0 Å². The van der Waals surface area contributed by atoms with Gasteiger partial charge in [-0.25, -0.2) is 0 Å². The van der Waals surface area contributed by atoms with Crippen LogP contribution in [-0.2, 0) is 4.79 Å². The van der Waals surface area contributed by atoms with Crippen molar-refractivity contribution in [2.24, 2.45) is 5.92 Å². The molecule has 22 heavy (non-hydrogen) atoms. The molecule has 1 aliphatic carbocycles. The molecule has 1 aromatic carbocycles. The van der Waals surface area contributed by atoms with E-state index in [0.717, 1.165) is 12.8 Å². The van der Waals surface area contributed by atoms with Crippen LogP contribution in [0.25, 0.3) is 0 Å². The Labute approximate surface area is 131 Å². The van der Waals surface area contributed by atoms with Crippen LogP contribution in [0, 0.1) is 17.2 Å². The van der Waals surface area contributed by atoms with Crippen LogP contribution < -0.4 is 14.8 Å². The molecule has 0 radical (unpaired) electrons. The minimum atomic E-state index is -0.120. The van der Waals surface area contributed by atoms with Gasteiger partial charge < -0.3 is 14.8 Å². The molecule has 1 N–H and O–H groups in total. The SMILES string of the molecule is COc1cc(C#N)ccc1OCC(=O)NC1CCCCC1C. The van der Waals surface area contributed by atoms with E-state index >= 15 is 0 Å². The normalized spacial score (nSPS) is 20.8. The van der Waals surface area contributed by atoms with Crippen molar-refractivity contribution in [2.75, 3.05) is 13.7 Å². The zero-order valence-corrected chi connectivity index (χ0v) is 13.1. The first-order valence-corrected chi connectivity index (χ1v) is 7.64. The smallest absolute Gasteiger partial charge is 0.258 e. The fourth-order valence-electron chi connectivity index (χ4n) is 2.78. The number of hydrogen-bond acceptors (Lipinski definition) is 4. The lowest BCUT2D eigenvalue weighted by Crippen LogP contribution is -2.43. The fourth-order valence-corrected chi connectivity index (χ4v) is 2.78. The fraction of sp³-hybridized carbons (Fsp3) is 0.529. The third-order valence-electron chi connectivity index (χ3n) is 4.11. The van der Waals surface area contributed by atoms with Gasteiger partial charge in [-0.05, 0) is 30.9 Å². The zero-order valence-electron chi connectivity index (χ0n) is 13.1. The Hall–Kier alpha value is -2.22. The van der Waals surface area contributed by atoms with E-state index in [1.807, 2.05) is 6.07 Å². The predicted molar refractivity (Wildman–Crippen MR) is 82.8 cm³/mol. The second-order valence-electron chi connectivity index (χ2n) is 5.70. The minimum Gasteiger partial charge on any atom is -0.493 e. The summed E-state index contributed by atoms with van der Waals surface area (Å²) in [5.74, 6) is 1.32. The lowest BCUT2D eigenvalue weighted by Gasteiger charge is -2.29. The van der Waals surface area contributed by atoms with E-state index in [1.54, 1.807) is 18.2 Å². The number of ether oxygens (including phenoxy) is 2. The molecule has 2 atom stereocenters. The summed E-state index contributed by atoms with van der Waals surface area (Å²) in [6.07, 6.45) is 4.61. The van der Waals surface area contributed by atoms with E-state index in [2.05, 4.69) is 12.2 Å². The van der Waals surface area contributed by atoms with Crippen LogP contribution in [0.15, 0.2) is 18.2 Å². The van der Waals surface area contributed by atoms with Crippen LogP contribution >= 0.6 is 0 Å². The van der Waals surface area contributed by atoms with Crippen LogP contribution in [0.3, 0.4) is 0 Å². The van der Waals surface area contributed by atoms with E-state index in [9.17, 15) is 4.79 Å². The summed E-state index contributed by atoms with van der Waals surface area (Å²) in [6.45, 7) is 2.13. The lowest BCUT2D eigenvalue weighted by molar-refractivity contribution is -0.124. The van der Waals surface area contributed by atoms with Crippen molar-refractivity contribution in [1.29, 1.82) is 5.26 Å². The lowest BCUT2D eigenvalue weighted by atomic mass is 9.86. The molecule has 0 aromatic heterocycles. The highest BCUT2D eigenvalue weighted by atomic mass is 16.5. The molecule has 0 aliphatic heterocycles. The molecule has 2 rings (SSSR count). The number of rotatable bonds is 5. The molecule has 1 aliphatic rings. The van der Waals surface area contributed by atoms with Gasteiger partial charge >= 0.3 is 0 Å². The zero-order chi connectivity index (χ0) is 15.9. The molecule has 1 saturated carbocycles. The van der Waals surface area contributed by atoms with Crippen LogP contribution in [0.2, 0.25) is 0 Å². The quantitative estimate of drug-likeness (QED) is 0.907. The van der Waals surface area contributed by atoms with E-state index in [1.165, 1.54) is 20.0 Å². The first kappa shape index (κ1) is 16.2. The Bertz CT molecular complexity index is 566. The molecular formula is C17H22N2O3. The highest BCUT2D eigenvalue weighted by Gasteiger charge is 2.22. The van der Waals surface area contributed by atoms with Gasteiger partial charge in [-0.15, -0.1) is 0 Å². The van der Waals surface area contributed by atoms with E-state index < -0.39 is 0 Å². The Morgan fingerprint density at radius 2 is 2.14 bits per heavy atom. The highest BCUT2D eigenvalue weighted by Crippen LogP contribution is 2.28. The summed E-state index contributed by atoms with van der Waals surface area (Å²) in [5.41, 5.74) is 0.490. The highest BCUT2D eigenvalue weighted by molar-refractivity contribution is 5.78. The van der Waals surface area contributed by atoms with Crippen molar-refractivity contribution in [3.8, 4) is 17.6 Å². The summed E-state index contributed by atoms with van der Waals surface area (Å²) in [4.78, 5) is 12.0. The van der Waals surface area contributed by atoms with Crippen molar-refractivity contribution in [3.05, 3.63) is 23.8 Å². The maximum absolute atomic E-state index is 12.0. The van der Waals surface area contributed by atoms with Crippen molar-refractivity contribution in [2.45, 2.75) is 38.6 Å². The number of hydrogen-bond donors (Lipinski definition) is 1. The summed E-state index contributed by atoms with van der Waals surface area (Å²) >= 11 is 0. The number of amides is 1. The van der Waals surface area contributed by atoms with Gasteiger partial charge in [-0.3, -0.25) is 4.79 Å². The number of nitrogens with zero attached hydrogens (tertiary/aromatic N) is 1. The molecule has 5 heteroatoms. The largest absolute Gasteiger partial charge is 0.493 e. The molecule has 0 saturated heterocycles. The van der Waals surface area contributed by atoms with Crippen LogP contribution in [-0.4, -0.2) is 25.7 Å². The average molecular weight is 302 g/mol. The summed E-state index contributed by atoms with van der Waals surface area (Å²) < 4.78 is 10.7. The first-order chi connectivity index (χ1) is 10.6. The van der Waals surface area contributed by atoms with Gasteiger partial charge in [-0.1, -0.05) is 19.8 Å². The summed E-state index contributed by atoms with van der Waals surface area (Å²) in [6, 6.07) is 7.16. The van der Waals surface area contributed by atoms with Crippen LogP contribution in [0.1, 0.15) is 38.2 Å². The van der Waals surface area contributed by atoms with E-state index in [0.29, 0.717) is 23.0 Å². The van der Waals surface area contributed by atoms with Crippen LogP contribution in [0.5, 0.6) is 11.5 Å². The molecular weight excluding hydrogens is 280 g/mol. The number of benzene rings is 1. The Kier molecular flexibility index (Phi) is 5.65. The molecule has 2 unspecified atom stereocenters. The minimum absolute atomic E-state index is 0.0501. The molecule has 1 fully saturated rings. The molecule has 1 amide bonds. The first-order valence-electron chi connectivity index (χ1n) is 7.64. The molecule has 1 aromatic rings. The topological polar surface area (TPSA) is 71.3 Å². The predicted octanol–water partition coefficient (Wildman–Crippen LogP) is 2.64. The van der Waals surface area contributed by atoms with Gasteiger partial charge in [0.15, 0.2) is 18.1 Å². The second-order valence-corrected chi connectivity index (χ2v) is 5.70. The van der Waals surface area contributed by atoms with Crippen molar-refractivity contribution < 1.29 is 14.3 Å². The maximum atomic E-state index is 12.0. The number of nitrogens with one attached hydrogen (secondary N) is 1. The summed E-state index contributed by atoms with van der Waals surface area (Å²) in [5, 5.41) is 11.9. The van der Waals surface area contributed by atoms with Gasteiger partial charge in [0.25, 0.3) is 5.91 Å². The maximum Gasteiger partial charge on any atom is 0.258 e. The Balaban J connectivity index is 1.89. The molecule has 118 valence electrons. The molecule has 0 bridgehead atoms. The third-order valence-corrected chi connectivity index (χ3v) is 4.11. The van der Waals surface area contributed by atoms with Crippen molar-refractivity contribution in [1.82, 2.24) is 5.32 Å². The van der Waals surface area contributed by atoms with Gasteiger partial charge in [0, 0.05) is 12.1 Å². The standard InChI is InChI=1S/C17H22N2O3/c1-12-5-3-4-6-14(12)19-17(20)11-22-15-8-7-13(10-18)9-16(15)21-2/h7-9,12,14H,3-6,11H2,1-2H3,(H,19,20). The van der Waals surface area contributed by atoms with Crippen molar-refractivity contribution in [3.63, 3.8) is 0 Å². The molecule has 0 heterocycles. The van der Waals surface area contributed by atoms with Gasteiger partial charge in [0.05, 0.1) is 18.7 Å². The number of methoxy groups -OCH3 is 1. The van der Waals surface area contributed by atoms with Gasteiger partial charge in [0.1, 0.15) is 0 Å². The van der Waals surface area contributed by atoms with E-state index in [-0.39, 0.29) is 18.6 Å². The summed E-state index contributed by atoms with van der Waals surface area (Å²) in [7, 11) is 1.51. The average Bonchev–Trinajstić information content (AvgIpc) is 2.55. The van der Waals surface area contributed by atoms with Crippen LogP contribution in [0.4, 0.5) is 0 Å². The van der Waals surface area contributed by atoms with E-state index in [4.69, 9.17) is 14.7 Å². The second kappa shape index (κ2) is 7.69. The third kappa shape index (κ3) is 4.14. The Morgan fingerprint density at radius 3 is 2.82 bits per heavy atom. The molecule has 5 nitrogen and oxygen atoms in total. The van der Waals surface area contributed by atoms with Crippen molar-refractivity contribution >= 4 is 5.91 Å². The number of nitriles is 1. The monoisotopic (exact) mass is 302 g/mol. The molecule has 0 spiro atoms. The van der Waals surface area contributed by atoms with Gasteiger partial charge in [-0.2, -0.15) is 5.26 Å². The Morgan fingerprint density at radius 1 is 1.36 bits per heavy atom. The number of carbonyl (C=O) groups is 1.